The second-order valence-corrected chi connectivity index (χ2v) is 3.87. The van der Waals surface area contributed by atoms with Crippen molar-refractivity contribution >= 4 is 11.6 Å². The molecule has 0 aromatic carbocycles. The van der Waals surface area contributed by atoms with E-state index >= 15 is 0 Å². The predicted octanol–water partition coefficient (Wildman–Crippen LogP) is -7.08. The number of nitrogens with one attached hydrogen (secondary N) is 1. The summed E-state index contributed by atoms with van der Waals surface area (Å²) in [6.45, 7) is 8.02. The molecule has 0 amide bonds. The fourth-order valence-electron chi connectivity index (χ4n) is 2.08. The van der Waals surface area contributed by atoms with Crippen molar-refractivity contribution in [3.63, 3.8) is 0 Å². The van der Waals surface area contributed by atoms with Gasteiger partial charge in [-0.3, -0.25) is 4.48 Å². The zero-order valence-electron chi connectivity index (χ0n) is 7.03. The Labute approximate surface area is 91.3 Å². The number of rotatable bonds is 1. The average Bonchev–Trinajstić information content (AvgIpc) is 2.08. The maximum Gasteiger partial charge on any atom is 0.155 e. The number of hydrogen-bond donors (Lipinski definition) is 1. The SMILES string of the molecule is ClC[N+]12CC[NH+](CC1)CC2.[Cl-].[Cl-]. The molecule has 3 fully saturated rings. The standard InChI is InChI=1S/C7H14ClN2.2ClH/c8-7-10-4-1-9(2-5-10)3-6-10;;/h1-7H2;2*1H/q+1;;/p-1. The lowest BCUT2D eigenvalue weighted by Crippen LogP contribution is -3.19. The van der Waals surface area contributed by atoms with Crippen LogP contribution >= 0.6 is 11.6 Å². The fourth-order valence-corrected chi connectivity index (χ4v) is 2.43. The third kappa shape index (κ3) is 2.18. The van der Waals surface area contributed by atoms with E-state index < -0.39 is 0 Å². The molecule has 0 unspecified atom stereocenters. The van der Waals surface area contributed by atoms with Crippen LogP contribution < -0.4 is 29.7 Å². The van der Waals surface area contributed by atoms with Gasteiger partial charge in [0.2, 0.25) is 0 Å². The number of piperazine rings is 3. The van der Waals surface area contributed by atoms with Crippen LogP contribution in [0.3, 0.4) is 0 Å². The van der Waals surface area contributed by atoms with Crippen molar-refractivity contribution in [2.75, 3.05) is 45.3 Å². The van der Waals surface area contributed by atoms with E-state index in [1.807, 2.05) is 0 Å². The Kier molecular flexibility index (Phi) is 5.19. The van der Waals surface area contributed by atoms with Crippen molar-refractivity contribution in [3.05, 3.63) is 0 Å². The molecule has 3 rings (SSSR count). The minimum Gasteiger partial charge on any atom is -1.00 e. The van der Waals surface area contributed by atoms with E-state index in [9.17, 15) is 0 Å². The van der Waals surface area contributed by atoms with E-state index in [4.69, 9.17) is 11.6 Å². The van der Waals surface area contributed by atoms with Gasteiger partial charge in [0.1, 0.15) is 39.3 Å². The lowest BCUT2D eigenvalue weighted by Gasteiger charge is -2.46. The molecule has 0 aliphatic carbocycles. The van der Waals surface area contributed by atoms with Crippen molar-refractivity contribution in [2.45, 2.75) is 0 Å². The van der Waals surface area contributed by atoms with Gasteiger partial charge in [0.15, 0.2) is 6.00 Å². The number of halogens is 3. The summed E-state index contributed by atoms with van der Waals surface area (Å²) in [4.78, 5) is 1.80. The Morgan fingerprint density at radius 3 is 1.67 bits per heavy atom. The van der Waals surface area contributed by atoms with E-state index in [-0.39, 0.29) is 24.8 Å². The monoisotopic (exact) mass is 232 g/mol. The second kappa shape index (κ2) is 4.87. The Balaban J connectivity index is 0.000000605. The normalized spacial score (nSPS) is 38.2. The van der Waals surface area contributed by atoms with Gasteiger partial charge < -0.3 is 29.7 Å². The van der Waals surface area contributed by atoms with Crippen molar-refractivity contribution < 1.29 is 34.2 Å². The quantitative estimate of drug-likeness (QED) is 0.261. The number of quaternary nitrogens is 2. The average molecular weight is 234 g/mol. The van der Waals surface area contributed by atoms with Gasteiger partial charge in [0.05, 0.1) is 0 Å². The van der Waals surface area contributed by atoms with Crippen LogP contribution in [0.25, 0.3) is 0 Å². The van der Waals surface area contributed by atoms with Gasteiger partial charge in [-0.05, 0) is 0 Å². The summed E-state index contributed by atoms with van der Waals surface area (Å²) in [5.74, 6) is 0. The smallest absolute Gasteiger partial charge is 0.155 e. The van der Waals surface area contributed by atoms with Crippen molar-refractivity contribution in [2.24, 2.45) is 0 Å². The van der Waals surface area contributed by atoms with Crippen LogP contribution in [-0.2, 0) is 0 Å². The molecule has 0 aromatic heterocycles. The lowest BCUT2D eigenvalue weighted by atomic mass is 10.2. The lowest BCUT2D eigenvalue weighted by molar-refractivity contribution is -1.07. The number of alkyl halides is 1. The van der Waals surface area contributed by atoms with Gasteiger partial charge in [-0.25, -0.2) is 0 Å². The van der Waals surface area contributed by atoms with Crippen LogP contribution in [0.2, 0.25) is 0 Å². The third-order valence-corrected chi connectivity index (χ3v) is 3.58. The first-order valence-corrected chi connectivity index (χ1v) is 4.63. The molecule has 1 N–H and O–H groups in total. The molecule has 0 atom stereocenters. The molecule has 0 radical (unpaired) electrons. The van der Waals surface area contributed by atoms with Gasteiger partial charge in [0.25, 0.3) is 0 Å². The number of fused-ring (bicyclic) bond motifs is 3. The molecule has 3 aliphatic rings. The van der Waals surface area contributed by atoms with Gasteiger partial charge in [-0.1, -0.05) is 11.6 Å². The van der Waals surface area contributed by atoms with E-state index in [1.165, 1.54) is 43.8 Å². The molecular formula is C7H15Cl3N2. The molecule has 0 spiro atoms. The Morgan fingerprint density at radius 2 is 1.42 bits per heavy atom. The van der Waals surface area contributed by atoms with Crippen molar-refractivity contribution in [1.29, 1.82) is 0 Å². The molecule has 12 heavy (non-hydrogen) atoms. The molecule has 74 valence electrons. The minimum absolute atomic E-state index is 0. The Bertz CT molecular complexity index is 121. The van der Waals surface area contributed by atoms with Crippen LogP contribution in [0.1, 0.15) is 0 Å². The molecule has 3 saturated heterocycles. The number of hydrogen-bond acceptors (Lipinski definition) is 0. The maximum absolute atomic E-state index is 5.92. The van der Waals surface area contributed by atoms with Crippen LogP contribution in [0.4, 0.5) is 0 Å². The summed E-state index contributed by atoms with van der Waals surface area (Å²) in [5.41, 5.74) is 0. The third-order valence-electron chi connectivity index (χ3n) is 3.07. The summed E-state index contributed by atoms with van der Waals surface area (Å²) >= 11 is 5.92. The molecular weight excluding hydrogens is 218 g/mol. The zero-order valence-corrected chi connectivity index (χ0v) is 9.30. The highest BCUT2D eigenvalue weighted by Gasteiger charge is 2.40. The summed E-state index contributed by atoms with van der Waals surface area (Å²) in [7, 11) is 0. The van der Waals surface area contributed by atoms with Gasteiger partial charge >= 0.3 is 0 Å². The molecule has 0 saturated carbocycles. The first kappa shape index (κ1) is 12.8. The van der Waals surface area contributed by atoms with Gasteiger partial charge in [0, 0.05) is 0 Å². The predicted molar refractivity (Wildman–Crippen MR) is 41.1 cm³/mol. The molecule has 5 heteroatoms. The summed E-state index contributed by atoms with van der Waals surface area (Å²) in [6, 6.07) is 0.841. The largest absolute Gasteiger partial charge is 1.00 e. The van der Waals surface area contributed by atoms with Crippen LogP contribution in [0, 0.1) is 0 Å². The van der Waals surface area contributed by atoms with Crippen LogP contribution in [0.5, 0.6) is 0 Å². The molecule has 0 aromatic rings. The van der Waals surface area contributed by atoms with E-state index in [0.29, 0.717) is 0 Å². The van der Waals surface area contributed by atoms with E-state index in [2.05, 4.69) is 0 Å². The number of nitrogens with zero attached hydrogens (tertiary/aromatic N) is 1. The Morgan fingerprint density at radius 1 is 1.00 bits per heavy atom. The second-order valence-electron chi connectivity index (χ2n) is 3.63. The van der Waals surface area contributed by atoms with Gasteiger partial charge in [-0.15, -0.1) is 0 Å². The highest BCUT2D eigenvalue weighted by Crippen LogP contribution is 2.10. The highest BCUT2D eigenvalue weighted by molar-refractivity contribution is 6.16. The first-order valence-electron chi connectivity index (χ1n) is 4.09. The van der Waals surface area contributed by atoms with Gasteiger partial charge in [-0.2, -0.15) is 0 Å². The molecule has 2 bridgehead atoms. The fraction of sp³-hybridized carbons (Fsp3) is 1.00. The topological polar surface area (TPSA) is 4.44 Å². The van der Waals surface area contributed by atoms with Crippen LogP contribution in [0.15, 0.2) is 0 Å². The van der Waals surface area contributed by atoms with E-state index in [1.54, 1.807) is 4.90 Å². The molecule has 2 nitrogen and oxygen atoms in total. The maximum atomic E-state index is 5.92. The Hall–Kier alpha value is 0.790. The molecule has 3 heterocycles. The van der Waals surface area contributed by atoms with E-state index in [0.717, 1.165) is 6.00 Å². The zero-order chi connectivity index (χ0) is 7.03. The molecule has 3 aliphatic heterocycles. The van der Waals surface area contributed by atoms with Crippen molar-refractivity contribution in [1.82, 2.24) is 0 Å². The van der Waals surface area contributed by atoms with Crippen LogP contribution in [-0.4, -0.2) is 49.8 Å². The first-order chi connectivity index (χ1) is 4.85. The summed E-state index contributed by atoms with van der Waals surface area (Å²) in [5, 5.41) is 0. The highest BCUT2D eigenvalue weighted by atomic mass is 35.5. The minimum atomic E-state index is 0. The van der Waals surface area contributed by atoms with Crippen molar-refractivity contribution in [3.8, 4) is 0 Å². The summed E-state index contributed by atoms with van der Waals surface area (Å²) in [6.07, 6.45) is 0. The summed E-state index contributed by atoms with van der Waals surface area (Å²) < 4.78 is 1.20.